The van der Waals surface area contributed by atoms with E-state index in [1.54, 1.807) is 0 Å². The van der Waals surface area contributed by atoms with E-state index in [2.05, 4.69) is 18.7 Å². The number of alkyl halides is 2. The highest BCUT2D eigenvalue weighted by Crippen LogP contribution is 2.31. The first-order chi connectivity index (χ1) is 7.43. The number of nitrogens with zero attached hydrogens (tertiary/aromatic N) is 1. The van der Waals surface area contributed by atoms with Gasteiger partial charge in [0.2, 0.25) is 5.92 Å². The molecule has 1 rings (SSSR count). The second-order valence-corrected chi connectivity index (χ2v) is 5.40. The number of hydrogen-bond donors (Lipinski definition) is 0. The SMILES string of the molecule is CCC(C)CCN1CCCC(C(C)(F)F)C1. The van der Waals surface area contributed by atoms with Crippen molar-refractivity contribution in [3.63, 3.8) is 0 Å². The van der Waals surface area contributed by atoms with Crippen molar-refractivity contribution in [1.82, 2.24) is 4.90 Å². The van der Waals surface area contributed by atoms with Crippen LogP contribution in [0.3, 0.4) is 0 Å². The van der Waals surface area contributed by atoms with Gasteiger partial charge in [-0.1, -0.05) is 20.3 Å². The van der Waals surface area contributed by atoms with E-state index < -0.39 is 11.8 Å². The van der Waals surface area contributed by atoms with Gasteiger partial charge in [0.05, 0.1) is 0 Å². The lowest BCUT2D eigenvalue weighted by molar-refractivity contribution is -0.0665. The normalized spacial score (nSPS) is 25.7. The summed E-state index contributed by atoms with van der Waals surface area (Å²) in [6.45, 7) is 8.06. The van der Waals surface area contributed by atoms with E-state index >= 15 is 0 Å². The highest BCUT2D eigenvalue weighted by atomic mass is 19.3. The van der Waals surface area contributed by atoms with E-state index in [0.717, 1.165) is 32.9 Å². The smallest absolute Gasteiger partial charge is 0.249 e. The minimum atomic E-state index is -2.50. The number of piperidine rings is 1. The Balaban J connectivity index is 2.33. The van der Waals surface area contributed by atoms with Crippen LogP contribution in [-0.2, 0) is 0 Å². The molecular weight excluding hydrogens is 208 g/mol. The Kier molecular flexibility index (Phi) is 5.16. The van der Waals surface area contributed by atoms with Crippen LogP contribution in [0.25, 0.3) is 0 Å². The van der Waals surface area contributed by atoms with Gasteiger partial charge >= 0.3 is 0 Å². The Morgan fingerprint density at radius 2 is 2.12 bits per heavy atom. The molecule has 0 saturated carbocycles. The summed E-state index contributed by atoms with van der Waals surface area (Å²) in [5.74, 6) is -2.23. The molecular formula is C13H25F2N. The minimum absolute atomic E-state index is 0.432. The van der Waals surface area contributed by atoms with Crippen LogP contribution in [0.2, 0.25) is 0 Å². The van der Waals surface area contributed by atoms with Gasteiger partial charge in [0, 0.05) is 12.5 Å². The standard InChI is InChI=1S/C13H25F2N/c1-4-11(2)7-9-16-8-5-6-12(10-16)13(3,14)15/h11-12H,4-10H2,1-3H3. The molecule has 0 spiro atoms. The molecule has 0 aromatic heterocycles. The molecule has 16 heavy (non-hydrogen) atoms. The molecule has 1 heterocycles. The fourth-order valence-electron chi connectivity index (χ4n) is 2.28. The molecule has 2 unspecified atom stereocenters. The summed E-state index contributed by atoms with van der Waals surface area (Å²) in [6, 6.07) is 0. The van der Waals surface area contributed by atoms with Gasteiger partial charge in [0.25, 0.3) is 0 Å². The Morgan fingerprint density at radius 1 is 1.44 bits per heavy atom. The zero-order chi connectivity index (χ0) is 12.2. The molecule has 1 saturated heterocycles. The quantitative estimate of drug-likeness (QED) is 0.698. The van der Waals surface area contributed by atoms with Crippen molar-refractivity contribution in [2.75, 3.05) is 19.6 Å². The van der Waals surface area contributed by atoms with E-state index in [9.17, 15) is 8.78 Å². The lowest BCUT2D eigenvalue weighted by Gasteiger charge is -2.35. The first kappa shape index (κ1) is 13.9. The van der Waals surface area contributed by atoms with Crippen LogP contribution in [-0.4, -0.2) is 30.5 Å². The van der Waals surface area contributed by atoms with Crippen LogP contribution in [0.4, 0.5) is 8.78 Å². The third kappa shape index (κ3) is 4.36. The van der Waals surface area contributed by atoms with Crippen molar-refractivity contribution < 1.29 is 8.78 Å². The average molecular weight is 233 g/mol. The van der Waals surface area contributed by atoms with Crippen molar-refractivity contribution in [3.05, 3.63) is 0 Å². The second kappa shape index (κ2) is 5.95. The Labute approximate surface area is 98.2 Å². The predicted octanol–water partition coefficient (Wildman–Crippen LogP) is 3.79. The van der Waals surface area contributed by atoms with Crippen LogP contribution >= 0.6 is 0 Å². The number of hydrogen-bond acceptors (Lipinski definition) is 1. The summed E-state index contributed by atoms with van der Waals surface area (Å²) in [6.07, 6.45) is 3.93. The highest BCUT2D eigenvalue weighted by Gasteiger charge is 2.36. The molecule has 0 N–H and O–H groups in total. The summed E-state index contributed by atoms with van der Waals surface area (Å²) >= 11 is 0. The van der Waals surface area contributed by atoms with E-state index in [1.165, 1.54) is 6.42 Å². The summed E-state index contributed by atoms with van der Waals surface area (Å²) in [5.41, 5.74) is 0. The van der Waals surface area contributed by atoms with Gasteiger partial charge < -0.3 is 4.90 Å². The number of likely N-dealkylation sites (tertiary alicyclic amines) is 1. The first-order valence-corrected chi connectivity index (χ1v) is 6.53. The topological polar surface area (TPSA) is 3.24 Å². The van der Waals surface area contributed by atoms with E-state index in [4.69, 9.17) is 0 Å². The van der Waals surface area contributed by atoms with Crippen molar-refractivity contribution in [3.8, 4) is 0 Å². The number of halogens is 2. The Hall–Kier alpha value is -0.180. The fourth-order valence-corrected chi connectivity index (χ4v) is 2.28. The summed E-state index contributed by atoms with van der Waals surface area (Å²) in [5, 5.41) is 0. The largest absolute Gasteiger partial charge is 0.303 e. The lowest BCUT2D eigenvalue weighted by atomic mass is 9.92. The maximum atomic E-state index is 13.2. The van der Waals surface area contributed by atoms with Crippen molar-refractivity contribution in [2.24, 2.45) is 11.8 Å². The Bertz CT molecular complexity index is 201. The Morgan fingerprint density at radius 3 is 2.69 bits per heavy atom. The molecule has 1 nitrogen and oxygen atoms in total. The van der Waals surface area contributed by atoms with Crippen molar-refractivity contribution in [2.45, 2.75) is 52.4 Å². The molecule has 0 aliphatic carbocycles. The maximum absolute atomic E-state index is 13.2. The molecule has 0 amide bonds. The summed E-state index contributed by atoms with van der Waals surface area (Å²) < 4.78 is 26.4. The third-order valence-corrected chi connectivity index (χ3v) is 3.86. The van der Waals surface area contributed by atoms with Crippen molar-refractivity contribution >= 4 is 0 Å². The first-order valence-electron chi connectivity index (χ1n) is 6.53. The zero-order valence-corrected chi connectivity index (χ0v) is 10.8. The lowest BCUT2D eigenvalue weighted by Crippen LogP contribution is -2.42. The molecule has 1 aliphatic rings. The molecule has 0 radical (unpaired) electrons. The van der Waals surface area contributed by atoms with Gasteiger partial charge in [0.1, 0.15) is 0 Å². The molecule has 2 atom stereocenters. The molecule has 1 fully saturated rings. The predicted molar refractivity (Wildman–Crippen MR) is 63.9 cm³/mol. The average Bonchev–Trinajstić information content (AvgIpc) is 2.25. The van der Waals surface area contributed by atoms with Gasteiger partial charge in [-0.3, -0.25) is 0 Å². The molecule has 0 aromatic carbocycles. The number of rotatable bonds is 5. The molecule has 3 heteroatoms. The molecule has 96 valence electrons. The zero-order valence-electron chi connectivity index (χ0n) is 10.8. The van der Waals surface area contributed by atoms with E-state index in [1.807, 2.05) is 0 Å². The fraction of sp³-hybridized carbons (Fsp3) is 1.00. The molecule has 0 aromatic rings. The second-order valence-electron chi connectivity index (χ2n) is 5.40. The van der Waals surface area contributed by atoms with Gasteiger partial charge in [-0.15, -0.1) is 0 Å². The summed E-state index contributed by atoms with van der Waals surface area (Å²) in [7, 11) is 0. The summed E-state index contributed by atoms with van der Waals surface area (Å²) in [4.78, 5) is 2.22. The van der Waals surface area contributed by atoms with E-state index in [-0.39, 0.29) is 0 Å². The van der Waals surface area contributed by atoms with E-state index in [0.29, 0.717) is 18.9 Å². The monoisotopic (exact) mass is 233 g/mol. The molecule has 0 bridgehead atoms. The maximum Gasteiger partial charge on any atom is 0.249 e. The van der Waals surface area contributed by atoms with Crippen LogP contribution in [0.1, 0.15) is 46.5 Å². The van der Waals surface area contributed by atoms with Crippen LogP contribution in [0.5, 0.6) is 0 Å². The van der Waals surface area contributed by atoms with Gasteiger partial charge in [-0.05, 0) is 45.2 Å². The molecule has 1 aliphatic heterocycles. The van der Waals surface area contributed by atoms with Gasteiger partial charge in [0.15, 0.2) is 0 Å². The van der Waals surface area contributed by atoms with Crippen LogP contribution < -0.4 is 0 Å². The van der Waals surface area contributed by atoms with Crippen molar-refractivity contribution in [1.29, 1.82) is 0 Å². The minimum Gasteiger partial charge on any atom is -0.303 e. The van der Waals surface area contributed by atoms with Gasteiger partial charge in [-0.25, -0.2) is 8.78 Å². The van der Waals surface area contributed by atoms with Crippen LogP contribution in [0.15, 0.2) is 0 Å². The van der Waals surface area contributed by atoms with Gasteiger partial charge in [-0.2, -0.15) is 0 Å². The third-order valence-electron chi connectivity index (χ3n) is 3.86. The highest BCUT2D eigenvalue weighted by molar-refractivity contribution is 4.80. The van der Waals surface area contributed by atoms with Crippen LogP contribution in [0, 0.1) is 11.8 Å².